The third kappa shape index (κ3) is 0.967. The first-order chi connectivity index (χ1) is 5.27. The minimum absolute atomic E-state index is 1.07. The van der Waals surface area contributed by atoms with E-state index in [0.717, 1.165) is 6.54 Å². The Kier molecular flexibility index (Phi) is 1.31. The highest BCUT2D eigenvalue weighted by Gasteiger charge is 2.18. The lowest BCUT2D eigenvalue weighted by molar-refractivity contribution is -0.692. The van der Waals surface area contributed by atoms with Crippen LogP contribution in [0.15, 0.2) is 23.8 Å². The molecule has 0 fully saturated rings. The van der Waals surface area contributed by atoms with Gasteiger partial charge in [0.2, 0.25) is 5.69 Å². The quantitative estimate of drug-likeness (QED) is 0.490. The predicted molar refractivity (Wildman–Crippen MR) is 45.0 cm³/mol. The van der Waals surface area contributed by atoms with E-state index < -0.39 is 0 Å². The minimum Gasteiger partial charge on any atom is -0.192 e. The number of hydrogen-bond donors (Lipinski definition) is 0. The SMILES string of the molecule is CC1=Cc2cccc(C)[n+]2C1. The zero-order chi connectivity index (χ0) is 7.84. The molecule has 1 aliphatic heterocycles. The molecule has 2 rings (SSSR count). The maximum absolute atomic E-state index is 2.33. The molecule has 1 aromatic heterocycles. The van der Waals surface area contributed by atoms with E-state index in [2.05, 4.69) is 42.7 Å². The highest BCUT2D eigenvalue weighted by molar-refractivity contribution is 5.47. The standard InChI is InChI=1S/C10H12N/c1-8-6-10-5-3-4-9(2)11(10)7-8/h3-6H,7H2,1-2H3/q+1. The lowest BCUT2D eigenvalue weighted by atomic mass is 10.3. The molecule has 0 saturated heterocycles. The highest BCUT2D eigenvalue weighted by atomic mass is 15.0. The van der Waals surface area contributed by atoms with E-state index in [9.17, 15) is 0 Å². The second kappa shape index (κ2) is 2.19. The molecule has 0 aliphatic carbocycles. The van der Waals surface area contributed by atoms with Crippen molar-refractivity contribution in [3.05, 3.63) is 35.2 Å². The third-order valence-electron chi connectivity index (χ3n) is 2.14. The Morgan fingerprint density at radius 1 is 1.27 bits per heavy atom. The van der Waals surface area contributed by atoms with Gasteiger partial charge in [-0.15, -0.1) is 0 Å². The fourth-order valence-electron chi connectivity index (χ4n) is 1.56. The van der Waals surface area contributed by atoms with Crippen LogP contribution in [0, 0.1) is 6.92 Å². The fourth-order valence-corrected chi connectivity index (χ4v) is 1.56. The normalized spacial score (nSPS) is 14.5. The molecular weight excluding hydrogens is 134 g/mol. The van der Waals surface area contributed by atoms with Crippen LogP contribution in [0.2, 0.25) is 0 Å². The van der Waals surface area contributed by atoms with Crippen LogP contribution in [-0.2, 0) is 6.54 Å². The van der Waals surface area contributed by atoms with Crippen LogP contribution in [0.4, 0.5) is 0 Å². The van der Waals surface area contributed by atoms with Gasteiger partial charge in [0.1, 0.15) is 0 Å². The third-order valence-corrected chi connectivity index (χ3v) is 2.14. The number of nitrogens with zero attached hydrogens (tertiary/aromatic N) is 1. The van der Waals surface area contributed by atoms with Crippen LogP contribution in [0.1, 0.15) is 18.3 Å². The number of pyridine rings is 1. The molecule has 0 atom stereocenters. The zero-order valence-corrected chi connectivity index (χ0v) is 6.96. The number of allylic oxidation sites excluding steroid dienone is 1. The van der Waals surface area contributed by atoms with E-state index in [0.29, 0.717) is 0 Å². The Morgan fingerprint density at radius 3 is 2.82 bits per heavy atom. The largest absolute Gasteiger partial charge is 0.205 e. The summed E-state index contributed by atoms with van der Waals surface area (Å²) in [6, 6.07) is 6.41. The van der Waals surface area contributed by atoms with E-state index in [-0.39, 0.29) is 0 Å². The fraction of sp³-hybridized carbons (Fsp3) is 0.300. The summed E-state index contributed by atoms with van der Waals surface area (Å²) in [6.07, 6.45) is 2.24. The first-order valence-corrected chi connectivity index (χ1v) is 3.94. The van der Waals surface area contributed by atoms with Crippen LogP contribution in [0.5, 0.6) is 0 Å². The molecule has 0 aromatic carbocycles. The molecule has 0 amide bonds. The van der Waals surface area contributed by atoms with Gasteiger partial charge < -0.3 is 0 Å². The molecule has 1 aromatic rings. The van der Waals surface area contributed by atoms with Gasteiger partial charge in [-0.25, -0.2) is 0 Å². The van der Waals surface area contributed by atoms with Crippen LogP contribution >= 0.6 is 0 Å². The summed E-state index contributed by atoms with van der Waals surface area (Å²) in [5, 5.41) is 0. The number of aromatic nitrogens is 1. The molecule has 1 heteroatoms. The van der Waals surface area contributed by atoms with Crippen LogP contribution < -0.4 is 4.57 Å². The number of rotatable bonds is 0. The molecule has 56 valence electrons. The van der Waals surface area contributed by atoms with Crippen molar-refractivity contribution >= 4 is 6.08 Å². The first-order valence-electron chi connectivity index (χ1n) is 3.94. The predicted octanol–water partition coefficient (Wildman–Crippen LogP) is 1.70. The van der Waals surface area contributed by atoms with E-state index in [1.807, 2.05) is 0 Å². The van der Waals surface area contributed by atoms with Crippen molar-refractivity contribution in [3.63, 3.8) is 0 Å². The average molecular weight is 146 g/mol. The molecule has 1 aliphatic rings. The summed E-state index contributed by atoms with van der Waals surface area (Å²) < 4.78 is 2.33. The van der Waals surface area contributed by atoms with Crippen LogP contribution in [-0.4, -0.2) is 0 Å². The van der Waals surface area contributed by atoms with Crippen molar-refractivity contribution in [1.29, 1.82) is 0 Å². The summed E-state index contributed by atoms with van der Waals surface area (Å²) in [7, 11) is 0. The summed E-state index contributed by atoms with van der Waals surface area (Å²) in [5.74, 6) is 0. The van der Waals surface area contributed by atoms with Gasteiger partial charge in [-0.1, -0.05) is 0 Å². The van der Waals surface area contributed by atoms with Gasteiger partial charge in [-0.2, -0.15) is 4.57 Å². The number of fused-ring (bicyclic) bond motifs is 1. The Morgan fingerprint density at radius 2 is 2.09 bits per heavy atom. The van der Waals surface area contributed by atoms with Gasteiger partial charge in [-0.05, 0) is 18.6 Å². The molecule has 0 saturated carbocycles. The molecule has 0 bridgehead atoms. The number of hydrogen-bond acceptors (Lipinski definition) is 0. The molecule has 11 heavy (non-hydrogen) atoms. The topological polar surface area (TPSA) is 3.88 Å². The smallest absolute Gasteiger partial charge is 0.192 e. The van der Waals surface area contributed by atoms with Crippen LogP contribution in [0.25, 0.3) is 6.08 Å². The molecule has 1 nitrogen and oxygen atoms in total. The number of aryl methyl sites for hydroxylation is 1. The minimum atomic E-state index is 1.07. The van der Waals surface area contributed by atoms with E-state index in [1.54, 1.807) is 0 Å². The van der Waals surface area contributed by atoms with E-state index in [1.165, 1.54) is 17.0 Å². The van der Waals surface area contributed by atoms with Gasteiger partial charge >= 0.3 is 0 Å². The highest BCUT2D eigenvalue weighted by Crippen LogP contribution is 2.10. The summed E-state index contributed by atoms with van der Waals surface area (Å²) in [5.41, 5.74) is 4.12. The maximum Gasteiger partial charge on any atom is 0.205 e. The summed E-state index contributed by atoms with van der Waals surface area (Å²) in [6.45, 7) is 5.39. The molecular formula is C10H12N+. The Labute approximate surface area is 67.0 Å². The van der Waals surface area contributed by atoms with Gasteiger partial charge in [-0.3, -0.25) is 0 Å². The molecule has 0 unspecified atom stereocenters. The van der Waals surface area contributed by atoms with E-state index in [4.69, 9.17) is 0 Å². The van der Waals surface area contributed by atoms with Crippen molar-refractivity contribution in [2.45, 2.75) is 20.4 Å². The molecule has 0 N–H and O–H groups in total. The Hall–Kier alpha value is -1.11. The Bertz CT molecular complexity index is 324. The maximum atomic E-state index is 2.33. The van der Waals surface area contributed by atoms with Gasteiger partial charge in [0.05, 0.1) is 0 Å². The van der Waals surface area contributed by atoms with Crippen molar-refractivity contribution in [2.75, 3.05) is 0 Å². The van der Waals surface area contributed by atoms with Gasteiger partial charge in [0, 0.05) is 25.1 Å². The summed E-state index contributed by atoms with van der Waals surface area (Å²) in [4.78, 5) is 0. The molecule has 0 radical (unpaired) electrons. The van der Waals surface area contributed by atoms with E-state index >= 15 is 0 Å². The molecule has 2 heterocycles. The summed E-state index contributed by atoms with van der Waals surface area (Å²) >= 11 is 0. The van der Waals surface area contributed by atoms with Crippen LogP contribution in [0.3, 0.4) is 0 Å². The first kappa shape index (κ1) is 6.59. The second-order valence-corrected chi connectivity index (χ2v) is 3.17. The lowest BCUT2D eigenvalue weighted by Gasteiger charge is -1.95. The van der Waals surface area contributed by atoms with Crippen molar-refractivity contribution in [2.24, 2.45) is 0 Å². The average Bonchev–Trinajstić information content (AvgIpc) is 2.31. The lowest BCUT2D eigenvalue weighted by Crippen LogP contribution is -2.37. The second-order valence-electron chi connectivity index (χ2n) is 3.17. The monoisotopic (exact) mass is 146 g/mol. The molecule has 0 spiro atoms. The Balaban J connectivity index is 2.59. The van der Waals surface area contributed by atoms with Crippen molar-refractivity contribution in [1.82, 2.24) is 0 Å². The van der Waals surface area contributed by atoms with Crippen molar-refractivity contribution in [3.8, 4) is 0 Å². The zero-order valence-electron chi connectivity index (χ0n) is 6.96. The van der Waals surface area contributed by atoms with Gasteiger partial charge in [0.15, 0.2) is 12.2 Å². The van der Waals surface area contributed by atoms with Crippen molar-refractivity contribution < 1.29 is 4.57 Å². The van der Waals surface area contributed by atoms with Gasteiger partial charge in [0.25, 0.3) is 0 Å².